The number of phenols is 1. The summed E-state index contributed by atoms with van der Waals surface area (Å²) < 4.78 is 14.8. The van der Waals surface area contributed by atoms with Crippen LogP contribution in [0, 0.1) is 5.92 Å². The Morgan fingerprint density at radius 2 is 1.94 bits per heavy atom. The van der Waals surface area contributed by atoms with Crippen LogP contribution in [0.15, 0.2) is 24.3 Å². The van der Waals surface area contributed by atoms with Crippen LogP contribution in [0.3, 0.4) is 0 Å². The fourth-order valence-electron chi connectivity index (χ4n) is 2.35. The summed E-state index contributed by atoms with van der Waals surface area (Å²) in [6, 6.07) is 6.76. The average Bonchev–Trinajstić information content (AvgIpc) is 2.30. The first kappa shape index (κ1) is 11.8. The van der Waals surface area contributed by atoms with E-state index in [4.69, 9.17) is 0 Å². The highest BCUT2D eigenvalue weighted by atomic mass is 32.2. The van der Waals surface area contributed by atoms with Crippen molar-refractivity contribution in [3.8, 4) is 5.75 Å². The summed E-state index contributed by atoms with van der Waals surface area (Å²) in [5.74, 6) is 2.16. The molecule has 1 saturated heterocycles. The van der Waals surface area contributed by atoms with Gasteiger partial charge in [0.25, 0.3) is 0 Å². The van der Waals surface area contributed by atoms with Crippen LogP contribution < -0.4 is 0 Å². The molecule has 0 bridgehead atoms. The molecule has 1 heterocycles. The third-order valence-corrected chi connectivity index (χ3v) is 4.47. The number of alkyl halides is 1. The van der Waals surface area contributed by atoms with E-state index in [-0.39, 0.29) is 11.7 Å². The normalized spacial score (nSPS) is 21.6. The minimum absolute atomic E-state index is 0.0297. The van der Waals surface area contributed by atoms with Gasteiger partial charge in [0.05, 0.1) is 0 Å². The number of halogens is 1. The lowest BCUT2D eigenvalue weighted by atomic mass is 9.80. The quantitative estimate of drug-likeness (QED) is 0.850. The summed E-state index contributed by atoms with van der Waals surface area (Å²) >= 11 is 1.88. The maximum Gasteiger partial charge on any atom is 0.139 e. The molecule has 1 fully saturated rings. The second-order valence-electron chi connectivity index (χ2n) is 4.48. The van der Waals surface area contributed by atoms with Crippen LogP contribution in [0.4, 0.5) is 4.39 Å². The Hall–Kier alpha value is -0.700. The van der Waals surface area contributed by atoms with Crippen molar-refractivity contribution < 1.29 is 9.50 Å². The van der Waals surface area contributed by atoms with Crippen LogP contribution in [-0.4, -0.2) is 16.6 Å². The van der Waals surface area contributed by atoms with Gasteiger partial charge in [0.2, 0.25) is 0 Å². The van der Waals surface area contributed by atoms with E-state index in [1.165, 1.54) is 0 Å². The zero-order valence-electron chi connectivity index (χ0n) is 9.45. The first-order valence-corrected chi connectivity index (χ1v) is 6.83. The summed E-state index contributed by atoms with van der Waals surface area (Å²) in [4.78, 5) is 0. The molecular weight excluding hydrogens is 223 g/mol. The van der Waals surface area contributed by atoms with Crippen LogP contribution in [0.5, 0.6) is 5.75 Å². The van der Waals surface area contributed by atoms with Gasteiger partial charge in [-0.05, 0) is 43.3 Å². The Balaban J connectivity index is 2.26. The van der Waals surface area contributed by atoms with Gasteiger partial charge in [-0.15, -0.1) is 0 Å². The summed E-state index contributed by atoms with van der Waals surface area (Å²) in [6.45, 7) is 1.60. The third kappa shape index (κ3) is 2.19. The lowest BCUT2D eigenvalue weighted by Gasteiger charge is -2.33. The molecule has 1 N–H and O–H groups in total. The molecular formula is C13H17FOS. The van der Waals surface area contributed by atoms with E-state index < -0.39 is 5.67 Å². The van der Waals surface area contributed by atoms with E-state index >= 15 is 0 Å². The summed E-state index contributed by atoms with van der Waals surface area (Å²) in [5.41, 5.74) is -0.973. The van der Waals surface area contributed by atoms with Crippen molar-refractivity contribution in [3.05, 3.63) is 29.8 Å². The van der Waals surface area contributed by atoms with Crippen molar-refractivity contribution in [1.29, 1.82) is 0 Å². The van der Waals surface area contributed by atoms with E-state index in [1.54, 1.807) is 31.2 Å². The van der Waals surface area contributed by atoms with E-state index in [0.29, 0.717) is 5.56 Å². The molecule has 0 amide bonds. The van der Waals surface area contributed by atoms with Gasteiger partial charge in [0.1, 0.15) is 11.4 Å². The molecule has 1 atom stereocenters. The molecule has 16 heavy (non-hydrogen) atoms. The van der Waals surface area contributed by atoms with Gasteiger partial charge in [-0.2, -0.15) is 11.8 Å². The van der Waals surface area contributed by atoms with Crippen molar-refractivity contribution in [2.45, 2.75) is 25.4 Å². The van der Waals surface area contributed by atoms with Gasteiger partial charge >= 0.3 is 0 Å². The SMILES string of the molecule is CC(F)(c1ccccc1O)C1CCSCC1. The molecule has 3 heteroatoms. The molecule has 1 aromatic carbocycles. The van der Waals surface area contributed by atoms with Gasteiger partial charge in [-0.1, -0.05) is 18.2 Å². The summed E-state index contributed by atoms with van der Waals surface area (Å²) in [7, 11) is 0. The van der Waals surface area contributed by atoms with E-state index in [1.807, 2.05) is 11.8 Å². The average molecular weight is 240 g/mol. The Morgan fingerprint density at radius 3 is 2.56 bits per heavy atom. The molecule has 1 unspecified atom stereocenters. The van der Waals surface area contributed by atoms with Crippen LogP contribution in [0.25, 0.3) is 0 Å². The molecule has 0 spiro atoms. The number of hydrogen-bond donors (Lipinski definition) is 1. The molecule has 88 valence electrons. The maximum absolute atomic E-state index is 14.8. The van der Waals surface area contributed by atoms with E-state index in [9.17, 15) is 9.50 Å². The minimum atomic E-state index is -1.41. The number of para-hydroxylation sites is 1. The Morgan fingerprint density at radius 1 is 1.31 bits per heavy atom. The first-order chi connectivity index (χ1) is 7.62. The second-order valence-corrected chi connectivity index (χ2v) is 5.70. The number of rotatable bonds is 2. The molecule has 0 radical (unpaired) electrons. The first-order valence-electron chi connectivity index (χ1n) is 5.67. The van der Waals surface area contributed by atoms with E-state index in [2.05, 4.69) is 0 Å². The largest absolute Gasteiger partial charge is 0.508 e. The Labute approximate surface area is 100 Å². The van der Waals surface area contributed by atoms with E-state index in [0.717, 1.165) is 24.3 Å². The van der Waals surface area contributed by atoms with Crippen molar-refractivity contribution in [2.24, 2.45) is 5.92 Å². The number of phenolic OH excluding ortho intramolecular Hbond substituents is 1. The van der Waals surface area contributed by atoms with Crippen LogP contribution >= 0.6 is 11.8 Å². The molecule has 1 aliphatic heterocycles. The molecule has 0 saturated carbocycles. The lowest BCUT2D eigenvalue weighted by molar-refractivity contribution is 0.0906. The van der Waals surface area contributed by atoms with Gasteiger partial charge in [0.15, 0.2) is 0 Å². The molecule has 1 aliphatic rings. The zero-order valence-corrected chi connectivity index (χ0v) is 10.3. The highest BCUT2D eigenvalue weighted by molar-refractivity contribution is 7.99. The van der Waals surface area contributed by atoms with Crippen LogP contribution in [0.2, 0.25) is 0 Å². The van der Waals surface area contributed by atoms with Crippen LogP contribution in [-0.2, 0) is 5.67 Å². The van der Waals surface area contributed by atoms with Crippen LogP contribution in [0.1, 0.15) is 25.3 Å². The summed E-state index contributed by atoms with van der Waals surface area (Å²) in [6.07, 6.45) is 1.79. The monoisotopic (exact) mass is 240 g/mol. The van der Waals surface area contributed by atoms with Crippen molar-refractivity contribution >= 4 is 11.8 Å². The fourth-order valence-corrected chi connectivity index (χ4v) is 3.45. The maximum atomic E-state index is 14.8. The molecule has 0 aromatic heterocycles. The summed E-state index contributed by atoms with van der Waals surface area (Å²) in [5, 5.41) is 9.73. The third-order valence-electron chi connectivity index (χ3n) is 3.42. The minimum Gasteiger partial charge on any atom is -0.508 e. The highest BCUT2D eigenvalue weighted by Crippen LogP contribution is 2.44. The topological polar surface area (TPSA) is 20.2 Å². The Kier molecular flexibility index (Phi) is 3.43. The number of benzene rings is 1. The molecule has 1 nitrogen and oxygen atoms in total. The number of hydrogen-bond acceptors (Lipinski definition) is 2. The van der Waals surface area contributed by atoms with Crippen molar-refractivity contribution in [3.63, 3.8) is 0 Å². The highest BCUT2D eigenvalue weighted by Gasteiger charge is 2.38. The van der Waals surface area contributed by atoms with Gasteiger partial charge in [0, 0.05) is 5.56 Å². The predicted molar refractivity (Wildman–Crippen MR) is 66.6 cm³/mol. The van der Waals surface area contributed by atoms with Crippen molar-refractivity contribution in [1.82, 2.24) is 0 Å². The van der Waals surface area contributed by atoms with Gasteiger partial charge in [-0.3, -0.25) is 0 Å². The van der Waals surface area contributed by atoms with Crippen molar-refractivity contribution in [2.75, 3.05) is 11.5 Å². The predicted octanol–water partition coefficient (Wildman–Crippen LogP) is 3.72. The second kappa shape index (κ2) is 4.66. The Bertz CT molecular complexity index is 359. The number of thioether (sulfide) groups is 1. The number of aromatic hydroxyl groups is 1. The zero-order chi connectivity index (χ0) is 11.6. The van der Waals surface area contributed by atoms with Gasteiger partial charge < -0.3 is 5.11 Å². The lowest BCUT2D eigenvalue weighted by Crippen LogP contribution is -2.30. The van der Waals surface area contributed by atoms with Gasteiger partial charge in [-0.25, -0.2) is 4.39 Å². The molecule has 1 aromatic rings. The smallest absolute Gasteiger partial charge is 0.139 e. The molecule has 0 aliphatic carbocycles. The molecule has 2 rings (SSSR count). The fraction of sp³-hybridized carbons (Fsp3) is 0.538. The standard InChI is InChI=1S/C13H17FOS/c1-13(14,10-6-8-16-9-7-10)11-4-2-3-5-12(11)15/h2-5,10,15H,6-9H2,1H3.